The van der Waals surface area contributed by atoms with Crippen molar-refractivity contribution in [2.75, 3.05) is 0 Å². The van der Waals surface area contributed by atoms with E-state index in [2.05, 4.69) is 43.4 Å². The van der Waals surface area contributed by atoms with Gasteiger partial charge in [-0.15, -0.1) is 12.4 Å². The molecule has 19 heavy (non-hydrogen) atoms. The molecule has 3 N–H and O–H groups in total. The average Bonchev–Trinajstić information content (AvgIpc) is 2.35. The van der Waals surface area contributed by atoms with E-state index in [1.54, 1.807) is 0 Å². The van der Waals surface area contributed by atoms with Crippen LogP contribution >= 0.6 is 12.4 Å². The Balaban J connectivity index is 0.00000324. The summed E-state index contributed by atoms with van der Waals surface area (Å²) in [7, 11) is 0. The van der Waals surface area contributed by atoms with E-state index >= 15 is 0 Å². The highest BCUT2D eigenvalue weighted by atomic mass is 35.5. The monoisotopic (exact) mass is 284 g/mol. The van der Waals surface area contributed by atoms with Crippen molar-refractivity contribution in [1.29, 1.82) is 0 Å². The largest absolute Gasteiger partial charge is 0.351 e. The molecule has 0 spiro atoms. The van der Waals surface area contributed by atoms with Crippen LogP contribution in [0.25, 0.3) is 0 Å². The fourth-order valence-corrected chi connectivity index (χ4v) is 1.63. The lowest BCUT2D eigenvalue weighted by atomic mass is 10.0. The van der Waals surface area contributed by atoms with E-state index < -0.39 is 6.04 Å². The number of carbonyl (C=O) groups is 1. The number of rotatable bonds is 5. The van der Waals surface area contributed by atoms with E-state index in [0.717, 1.165) is 5.56 Å². The Hall–Kier alpha value is -1.06. The van der Waals surface area contributed by atoms with Gasteiger partial charge in [0.1, 0.15) is 0 Å². The predicted octanol–water partition coefficient (Wildman–Crippen LogP) is 2.83. The average molecular weight is 285 g/mol. The molecule has 0 unspecified atom stereocenters. The number of hydrogen-bond donors (Lipinski definition) is 2. The van der Waals surface area contributed by atoms with Crippen LogP contribution < -0.4 is 11.1 Å². The third-order valence-corrected chi connectivity index (χ3v) is 3.13. The van der Waals surface area contributed by atoms with Crippen molar-refractivity contribution in [3.8, 4) is 0 Å². The second-order valence-electron chi connectivity index (χ2n) is 5.38. The lowest BCUT2D eigenvalue weighted by Gasteiger charge is -2.15. The topological polar surface area (TPSA) is 55.1 Å². The van der Waals surface area contributed by atoms with Crippen molar-refractivity contribution in [2.24, 2.45) is 11.7 Å². The Morgan fingerprint density at radius 1 is 1.16 bits per heavy atom. The van der Waals surface area contributed by atoms with Gasteiger partial charge < -0.3 is 11.1 Å². The van der Waals surface area contributed by atoms with Crippen LogP contribution in [0.2, 0.25) is 0 Å². The van der Waals surface area contributed by atoms with Gasteiger partial charge in [0.15, 0.2) is 0 Å². The minimum absolute atomic E-state index is 0. The van der Waals surface area contributed by atoms with Crippen LogP contribution in [-0.2, 0) is 11.3 Å². The molecule has 0 saturated carbocycles. The standard InChI is InChI=1S/C15H24N2O.ClH/c1-10(2)13-7-5-12(6-8-13)9-17-15(18)14(16)11(3)4;/h5-8,10-11,14H,9,16H2,1-4H3,(H,17,18);1H/t14-;/m0./s1. The van der Waals surface area contributed by atoms with E-state index in [9.17, 15) is 4.79 Å². The zero-order valence-electron chi connectivity index (χ0n) is 12.1. The second-order valence-corrected chi connectivity index (χ2v) is 5.38. The Morgan fingerprint density at radius 2 is 1.68 bits per heavy atom. The highest BCUT2D eigenvalue weighted by molar-refractivity contribution is 5.85. The van der Waals surface area contributed by atoms with Crippen LogP contribution in [0.15, 0.2) is 24.3 Å². The van der Waals surface area contributed by atoms with Crippen LogP contribution in [0.3, 0.4) is 0 Å². The summed E-state index contributed by atoms with van der Waals surface area (Å²) in [5.41, 5.74) is 8.19. The van der Waals surface area contributed by atoms with Crippen molar-refractivity contribution in [2.45, 2.75) is 46.2 Å². The molecule has 0 bridgehead atoms. The first-order valence-corrected chi connectivity index (χ1v) is 6.54. The SMILES string of the molecule is CC(C)c1ccc(CNC(=O)[C@@H](N)C(C)C)cc1.Cl. The number of halogens is 1. The van der Waals surface area contributed by atoms with E-state index in [0.29, 0.717) is 12.5 Å². The number of nitrogens with two attached hydrogens (primary N) is 1. The third-order valence-electron chi connectivity index (χ3n) is 3.13. The molecule has 0 aliphatic rings. The van der Waals surface area contributed by atoms with Gasteiger partial charge in [0, 0.05) is 6.54 Å². The number of hydrogen-bond acceptors (Lipinski definition) is 2. The maximum atomic E-state index is 11.7. The molecule has 0 aromatic heterocycles. The van der Waals surface area contributed by atoms with Crippen molar-refractivity contribution < 1.29 is 4.79 Å². The predicted molar refractivity (Wildman–Crippen MR) is 82.4 cm³/mol. The summed E-state index contributed by atoms with van der Waals surface area (Å²) in [5, 5.41) is 2.86. The molecule has 0 aliphatic heterocycles. The summed E-state index contributed by atoms with van der Waals surface area (Å²) in [6.45, 7) is 8.76. The van der Waals surface area contributed by atoms with E-state index in [4.69, 9.17) is 5.73 Å². The van der Waals surface area contributed by atoms with Gasteiger partial charge in [0.25, 0.3) is 0 Å². The van der Waals surface area contributed by atoms with Gasteiger partial charge in [-0.3, -0.25) is 4.79 Å². The van der Waals surface area contributed by atoms with Gasteiger partial charge in [0.2, 0.25) is 5.91 Å². The fourth-order valence-electron chi connectivity index (χ4n) is 1.63. The summed E-state index contributed by atoms with van der Waals surface area (Å²) < 4.78 is 0. The molecule has 1 amide bonds. The lowest BCUT2D eigenvalue weighted by Crippen LogP contribution is -2.43. The van der Waals surface area contributed by atoms with E-state index in [1.165, 1.54) is 5.56 Å². The molecule has 0 heterocycles. The van der Waals surface area contributed by atoms with Crippen LogP contribution in [0.1, 0.15) is 44.7 Å². The van der Waals surface area contributed by atoms with Crippen molar-refractivity contribution >= 4 is 18.3 Å². The highest BCUT2D eigenvalue weighted by Gasteiger charge is 2.16. The van der Waals surface area contributed by atoms with Crippen LogP contribution in [0.4, 0.5) is 0 Å². The minimum atomic E-state index is -0.431. The molecule has 108 valence electrons. The van der Waals surface area contributed by atoms with Crippen molar-refractivity contribution in [3.05, 3.63) is 35.4 Å². The summed E-state index contributed by atoms with van der Waals surface area (Å²) in [5.74, 6) is 0.606. The normalized spacial score (nSPS) is 12.2. The summed E-state index contributed by atoms with van der Waals surface area (Å²) in [6, 6.07) is 7.88. The first-order chi connectivity index (χ1) is 8.41. The van der Waals surface area contributed by atoms with Crippen LogP contribution in [0.5, 0.6) is 0 Å². The molecular formula is C15H25ClN2O. The van der Waals surface area contributed by atoms with Gasteiger partial charge >= 0.3 is 0 Å². The van der Waals surface area contributed by atoms with Crippen molar-refractivity contribution in [3.63, 3.8) is 0 Å². The second kappa shape index (κ2) is 8.18. The number of benzene rings is 1. The Bertz CT molecular complexity index is 388. The molecule has 1 aromatic rings. The maximum absolute atomic E-state index is 11.7. The molecule has 1 rings (SSSR count). The summed E-state index contributed by atoms with van der Waals surface area (Å²) >= 11 is 0. The fraction of sp³-hybridized carbons (Fsp3) is 0.533. The number of carbonyl (C=O) groups excluding carboxylic acids is 1. The first kappa shape index (κ1) is 17.9. The van der Waals surface area contributed by atoms with Gasteiger partial charge in [-0.1, -0.05) is 52.0 Å². The molecule has 4 heteroatoms. The van der Waals surface area contributed by atoms with Crippen molar-refractivity contribution in [1.82, 2.24) is 5.32 Å². The van der Waals surface area contributed by atoms with E-state index in [1.807, 2.05) is 13.8 Å². The molecule has 1 aromatic carbocycles. The summed E-state index contributed by atoms with van der Waals surface area (Å²) in [6.07, 6.45) is 0. The molecule has 1 atom stereocenters. The third kappa shape index (κ3) is 5.62. The van der Waals surface area contributed by atoms with Gasteiger partial charge in [-0.2, -0.15) is 0 Å². The molecule has 0 fully saturated rings. The number of amides is 1. The molecule has 3 nitrogen and oxygen atoms in total. The van der Waals surface area contributed by atoms with Crippen LogP contribution in [0, 0.1) is 5.92 Å². The first-order valence-electron chi connectivity index (χ1n) is 6.54. The zero-order valence-corrected chi connectivity index (χ0v) is 13.0. The Labute approximate surface area is 122 Å². The summed E-state index contributed by atoms with van der Waals surface area (Å²) in [4.78, 5) is 11.7. The molecular weight excluding hydrogens is 260 g/mol. The van der Waals surface area contributed by atoms with E-state index in [-0.39, 0.29) is 24.2 Å². The molecule has 0 saturated heterocycles. The van der Waals surface area contributed by atoms with Gasteiger partial charge in [-0.05, 0) is 23.0 Å². The Kier molecular flexibility index (Phi) is 7.72. The van der Waals surface area contributed by atoms with Gasteiger partial charge in [-0.25, -0.2) is 0 Å². The van der Waals surface area contributed by atoms with Crippen LogP contribution in [-0.4, -0.2) is 11.9 Å². The highest BCUT2D eigenvalue weighted by Crippen LogP contribution is 2.14. The lowest BCUT2D eigenvalue weighted by molar-refractivity contribution is -0.123. The quantitative estimate of drug-likeness (QED) is 0.873. The minimum Gasteiger partial charge on any atom is -0.351 e. The Morgan fingerprint density at radius 3 is 2.11 bits per heavy atom. The molecule has 0 radical (unpaired) electrons. The number of nitrogens with one attached hydrogen (secondary N) is 1. The smallest absolute Gasteiger partial charge is 0.237 e. The zero-order chi connectivity index (χ0) is 13.7. The maximum Gasteiger partial charge on any atom is 0.237 e. The molecule has 0 aliphatic carbocycles. The van der Waals surface area contributed by atoms with Gasteiger partial charge in [0.05, 0.1) is 6.04 Å².